The van der Waals surface area contributed by atoms with Gasteiger partial charge >= 0.3 is 0 Å². The van der Waals surface area contributed by atoms with E-state index in [1.54, 1.807) is 6.26 Å². The average molecular weight is 315 g/mol. The molecule has 0 amide bonds. The summed E-state index contributed by atoms with van der Waals surface area (Å²) < 4.78 is 6.32. The number of rotatable bonds is 4. The maximum Gasteiger partial charge on any atom is 0.120 e. The van der Waals surface area contributed by atoms with Crippen molar-refractivity contribution in [3.8, 4) is 0 Å². The van der Waals surface area contributed by atoms with Crippen LogP contribution < -0.4 is 5.32 Å². The molecule has 2 rings (SSSR count). The Morgan fingerprint density at radius 2 is 2.24 bits per heavy atom. The minimum atomic E-state index is 0.171. The zero-order valence-electron chi connectivity index (χ0n) is 9.41. The molecule has 0 spiro atoms. The third kappa shape index (κ3) is 3.35. The number of halogens is 2. The minimum Gasteiger partial charge on any atom is -0.468 e. The van der Waals surface area contributed by atoms with Gasteiger partial charge in [-0.25, -0.2) is 0 Å². The van der Waals surface area contributed by atoms with Crippen LogP contribution in [0.2, 0.25) is 5.02 Å². The molecular weight excluding hydrogens is 302 g/mol. The maximum absolute atomic E-state index is 6.14. The number of benzene rings is 1. The molecule has 90 valence electrons. The fourth-order valence-electron chi connectivity index (χ4n) is 1.57. The van der Waals surface area contributed by atoms with Gasteiger partial charge in [0.2, 0.25) is 0 Å². The first-order valence-corrected chi connectivity index (χ1v) is 6.54. The lowest BCUT2D eigenvalue weighted by atomic mass is 10.2. The quantitative estimate of drug-likeness (QED) is 0.896. The van der Waals surface area contributed by atoms with E-state index < -0.39 is 0 Å². The first kappa shape index (κ1) is 12.7. The number of hydrogen-bond donors (Lipinski definition) is 1. The first-order valence-electron chi connectivity index (χ1n) is 5.37. The molecule has 4 heteroatoms. The van der Waals surface area contributed by atoms with Crippen LogP contribution >= 0.6 is 27.5 Å². The highest BCUT2D eigenvalue weighted by Crippen LogP contribution is 2.22. The average Bonchev–Trinajstić information content (AvgIpc) is 2.81. The second-order valence-corrected chi connectivity index (χ2v) is 5.18. The molecule has 0 aliphatic rings. The van der Waals surface area contributed by atoms with Crippen LogP contribution in [0.3, 0.4) is 0 Å². The Bertz CT molecular complexity index is 484. The Morgan fingerprint density at radius 1 is 1.41 bits per heavy atom. The Kier molecular flexibility index (Phi) is 4.26. The lowest BCUT2D eigenvalue weighted by Gasteiger charge is -2.12. The van der Waals surface area contributed by atoms with Crippen molar-refractivity contribution in [2.24, 2.45) is 0 Å². The van der Waals surface area contributed by atoms with E-state index in [-0.39, 0.29) is 6.04 Å². The summed E-state index contributed by atoms with van der Waals surface area (Å²) in [4.78, 5) is 0. The van der Waals surface area contributed by atoms with E-state index in [0.29, 0.717) is 6.54 Å². The molecule has 2 nitrogen and oxygen atoms in total. The monoisotopic (exact) mass is 313 g/mol. The number of nitrogens with one attached hydrogen (secondary N) is 1. The van der Waals surface area contributed by atoms with Crippen molar-refractivity contribution in [1.82, 2.24) is 5.32 Å². The van der Waals surface area contributed by atoms with Crippen LogP contribution in [0.1, 0.15) is 24.3 Å². The normalized spacial score (nSPS) is 12.6. The summed E-state index contributed by atoms with van der Waals surface area (Å²) in [6.07, 6.45) is 1.68. The van der Waals surface area contributed by atoms with Gasteiger partial charge in [-0.1, -0.05) is 33.6 Å². The van der Waals surface area contributed by atoms with E-state index in [9.17, 15) is 0 Å². The SMILES string of the molecule is CC(NCc1ccc(Br)cc1Cl)c1ccco1. The van der Waals surface area contributed by atoms with Crippen LogP contribution in [0.25, 0.3) is 0 Å². The van der Waals surface area contributed by atoms with Crippen molar-refractivity contribution < 1.29 is 4.42 Å². The van der Waals surface area contributed by atoms with E-state index in [0.717, 1.165) is 20.8 Å². The maximum atomic E-state index is 6.14. The first-order chi connectivity index (χ1) is 8.16. The van der Waals surface area contributed by atoms with Crippen LogP contribution in [0.15, 0.2) is 45.5 Å². The van der Waals surface area contributed by atoms with E-state index in [2.05, 4.69) is 28.2 Å². The van der Waals surface area contributed by atoms with Gasteiger partial charge in [-0.15, -0.1) is 0 Å². The largest absolute Gasteiger partial charge is 0.468 e. The van der Waals surface area contributed by atoms with Crippen molar-refractivity contribution in [3.05, 3.63) is 57.4 Å². The molecule has 1 atom stereocenters. The molecule has 0 aliphatic heterocycles. The van der Waals surface area contributed by atoms with E-state index >= 15 is 0 Å². The minimum absolute atomic E-state index is 0.171. The van der Waals surface area contributed by atoms with Gasteiger partial charge in [0.05, 0.1) is 12.3 Å². The highest BCUT2D eigenvalue weighted by atomic mass is 79.9. The predicted molar refractivity (Wildman–Crippen MR) is 73.1 cm³/mol. The standard InChI is InChI=1S/C13H13BrClNO/c1-9(13-3-2-6-17-13)16-8-10-4-5-11(14)7-12(10)15/h2-7,9,16H,8H2,1H3. The zero-order chi connectivity index (χ0) is 12.3. The van der Waals surface area contributed by atoms with Crippen LogP contribution in [0.4, 0.5) is 0 Å². The fourth-order valence-corrected chi connectivity index (χ4v) is 2.31. The van der Waals surface area contributed by atoms with Gasteiger partial charge in [0, 0.05) is 16.0 Å². The van der Waals surface area contributed by atoms with Crippen molar-refractivity contribution in [2.75, 3.05) is 0 Å². The van der Waals surface area contributed by atoms with Gasteiger partial charge in [0.1, 0.15) is 5.76 Å². The molecule has 1 N–H and O–H groups in total. The lowest BCUT2D eigenvalue weighted by molar-refractivity contribution is 0.430. The smallest absolute Gasteiger partial charge is 0.120 e. The summed E-state index contributed by atoms with van der Waals surface area (Å²) in [5, 5.41) is 4.13. The van der Waals surface area contributed by atoms with Crippen LogP contribution in [-0.4, -0.2) is 0 Å². The Hall–Kier alpha value is -0.770. The highest BCUT2D eigenvalue weighted by molar-refractivity contribution is 9.10. The van der Waals surface area contributed by atoms with E-state index in [4.69, 9.17) is 16.0 Å². The second kappa shape index (κ2) is 5.71. The molecule has 1 unspecified atom stereocenters. The van der Waals surface area contributed by atoms with Crippen LogP contribution in [0, 0.1) is 0 Å². The molecule has 1 aromatic heterocycles. The van der Waals surface area contributed by atoms with Gasteiger partial charge in [-0.3, -0.25) is 0 Å². The summed E-state index contributed by atoms with van der Waals surface area (Å²) in [5.41, 5.74) is 1.08. The zero-order valence-corrected chi connectivity index (χ0v) is 11.8. The third-order valence-electron chi connectivity index (χ3n) is 2.58. The van der Waals surface area contributed by atoms with Gasteiger partial charge < -0.3 is 9.73 Å². The van der Waals surface area contributed by atoms with Crippen molar-refractivity contribution >= 4 is 27.5 Å². The van der Waals surface area contributed by atoms with Gasteiger partial charge in [-0.2, -0.15) is 0 Å². The van der Waals surface area contributed by atoms with E-state index in [1.807, 2.05) is 30.3 Å². The number of furan rings is 1. The van der Waals surface area contributed by atoms with E-state index in [1.165, 1.54) is 0 Å². The summed E-state index contributed by atoms with van der Waals surface area (Å²) in [6, 6.07) is 9.91. The van der Waals surface area contributed by atoms with Gasteiger partial charge in [0.25, 0.3) is 0 Å². The summed E-state index contributed by atoms with van der Waals surface area (Å²) in [7, 11) is 0. The number of hydrogen-bond acceptors (Lipinski definition) is 2. The summed E-state index contributed by atoms with van der Waals surface area (Å²) in [6.45, 7) is 2.78. The molecule has 0 saturated carbocycles. The Balaban J connectivity index is 1.98. The van der Waals surface area contributed by atoms with Crippen molar-refractivity contribution in [2.45, 2.75) is 19.5 Å². The predicted octanol–water partition coefficient (Wildman–Crippen LogP) is 4.55. The highest BCUT2D eigenvalue weighted by Gasteiger charge is 2.08. The molecule has 0 radical (unpaired) electrons. The topological polar surface area (TPSA) is 25.2 Å². The summed E-state index contributed by atoms with van der Waals surface area (Å²) >= 11 is 9.53. The summed E-state index contributed by atoms with van der Waals surface area (Å²) in [5.74, 6) is 0.929. The molecule has 0 saturated heterocycles. The van der Waals surface area contributed by atoms with Gasteiger partial charge in [-0.05, 0) is 36.8 Å². The Labute approximate surface area is 114 Å². The Morgan fingerprint density at radius 3 is 2.88 bits per heavy atom. The molecule has 1 heterocycles. The van der Waals surface area contributed by atoms with Crippen LogP contribution in [0.5, 0.6) is 0 Å². The van der Waals surface area contributed by atoms with Crippen LogP contribution in [-0.2, 0) is 6.54 Å². The molecular formula is C13H13BrClNO. The molecule has 2 aromatic rings. The lowest BCUT2D eigenvalue weighted by Crippen LogP contribution is -2.17. The van der Waals surface area contributed by atoms with Crippen molar-refractivity contribution in [3.63, 3.8) is 0 Å². The fraction of sp³-hybridized carbons (Fsp3) is 0.231. The third-order valence-corrected chi connectivity index (χ3v) is 3.43. The second-order valence-electron chi connectivity index (χ2n) is 3.85. The molecule has 17 heavy (non-hydrogen) atoms. The molecule has 0 bridgehead atoms. The molecule has 1 aromatic carbocycles. The van der Waals surface area contributed by atoms with Gasteiger partial charge in [0.15, 0.2) is 0 Å². The van der Waals surface area contributed by atoms with Crippen molar-refractivity contribution in [1.29, 1.82) is 0 Å². The molecule has 0 fully saturated rings. The molecule has 0 aliphatic carbocycles.